The average molecular weight is 180 g/mol. The zero-order valence-corrected chi connectivity index (χ0v) is 8.42. The first-order valence-corrected chi connectivity index (χ1v) is 4.65. The van der Waals surface area contributed by atoms with E-state index in [2.05, 4.69) is 19.0 Å². The van der Waals surface area contributed by atoms with E-state index in [1.807, 2.05) is 13.1 Å². The van der Waals surface area contributed by atoms with Gasteiger partial charge in [-0.15, -0.1) is 0 Å². The Labute approximate surface area is 78.3 Å². The van der Waals surface area contributed by atoms with Crippen molar-refractivity contribution in [1.82, 2.24) is 5.16 Å². The van der Waals surface area contributed by atoms with E-state index >= 15 is 0 Å². The molecule has 0 aromatic carbocycles. The quantitative estimate of drug-likeness (QED) is 0.752. The van der Waals surface area contributed by atoms with Gasteiger partial charge in [0.2, 0.25) is 0 Å². The third kappa shape index (κ3) is 0.967. The average Bonchev–Trinajstić information content (AvgIpc) is 2.43. The number of rotatable bonds is 2. The van der Waals surface area contributed by atoms with E-state index in [1.54, 1.807) is 0 Å². The fraction of sp³-hybridized carbons (Fsp3) is 0.700. The van der Waals surface area contributed by atoms with Crippen molar-refractivity contribution in [1.29, 1.82) is 0 Å². The first-order chi connectivity index (χ1) is 6.03. The first-order valence-electron chi connectivity index (χ1n) is 4.65. The summed E-state index contributed by atoms with van der Waals surface area (Å²) < 4.78 is 5.08. The molecule has 1 unspecified atom stereocenters. The third-order valence-electron chi connectivity index (χ3n) is 3.53. The molecule has 13 heavy (non-hydrogen) atoms. The van der Waals surface area contributed by atoms with Crippen LogP contribution in [0.15, 0.2) is 10.7 Å². The molecule has 2 rings (SSSR count). The van der Waals surface area contributed by atoms with Crippen molar-refractivity contribution in [3.63, 3.8) is 0 Å². The first kappa shape index (κ1) is 8.75. The molecule has 2 N–H and O–H groups in total. The van der Waals surface area contributed by atoms with Gasteiger partial charge < -0.3 is 10.3 Å². The molecule has 0 aliphatic heterocycles. The Morgan fingerprint density at radius 3 is 2.54 bits per heavy atom. The highest BCUT2D eigenvalue weighted by molar-refractivity contribution is 5.37. The summed E-state index contributed by atoms with van der Waals surface area (Å²) in [6.07, 6.45) is 2.95. The highest BCUT2D eigenvalue weighted by Gasteiger charge is 2.62. The van der Waals surface area contributed by atoms with Crippen molar-refractivity contribution in [2.75, 3.05) is 6.54 Å². The Morgan fingerprint density at radius 1 is 1.62 bits per heavy atom. The van der Waals surface area contributed by atoms with Crippen LogP contribution < -0.4 is 5.73 Å². The van der Waals surface area contributed by atoms with Crippen molar-refractivity contribution in [2.45, 2.75) is 32.6 Å². The topological polar surface area (TPSA) is 52.0 Å². The molecule has 3 nitrogen and oxygen atoms in total. The highest BCUT2D eigenvalue weighted by Crippen LogP contribution is 2.64. The molecular formula is C10H16N2O. The largest absolute Gasteiger partial charge is 0.361 e. The SMILES string of the molecule is Cc1oncc1C1(CN)CC1(C)C. The molecule has 0 saturated heterocycles. The fourth-order valence-corrected chi connectivity index (χ4v) is 2.39. The standard InChI is InChI=1S/C10H16N2O/c1-7-8(4-12-13-7)10(6-11)5-9(10,2)3/h4H,5-6,11H2,1-3H3. The second kappa shape index (κ2) is 2.35. The Kier molecular flexibility index (Phi) is 1.58. The van der Waals surface area contributed by atoms with Crippen LogP contribution in [0.25, 0.3) is 0 Å². The minimum atomic E-state index is 0.122. The molecule has 1 aromatic heterocycles. The van der Waals surface area contributed by atoms with Gasteiger partial charge in [0.25, 0.3) is 0 Å². The van der Waals surface area contributed by atoms with Gasteiger partial charge in [-0.05, 0) is 18.8 Å². The zero-order valence-electron chi connectivity index (χ0n) is 8.42. The Bertz CT molecular complexity index is 329. The van der Waals surface area contributed by atoms with Crippen LogP contribution in [0.2, 0.25) is 0 Å². The summed E-state index contributed by atoms with van der Waals surface area (Å²) in [5.41, 5.74) is 7.46. The normalized spacial score (nSPS) is 30.5. The number of aromatic nitrogens is 1. The van der Waals surface area contributed by atoms with Crippen molar-refractivity contribution in [3.8, 4) is 0 Å². The number of nitrogens with two attached hydrogens (primary N) is 1. The van der Waals surface area contributed by atoms with Gasteiger partial charge in [-0.25, -0.2) is 0 Å². The molecule has 0 bridgehead atoms. The highest BCUT2D eigenvalue weighted by atomic mass is 16.5. The van der Waals surface area contributed by atoms with E-state index in [4.69, 9.17) is 10.3 Å². The van der Waals surface area contributed by atoms with Crippen LogP contribution in [0, 0.1) is 12.3 Å². The number of nitrogens with zero attached hydrogens (tertiary/aromatic N) is 1. The fourth-order valence-electron chi connectivity index (χ4n) is 2.39. The maximum Gasteiger partial charge on any atom is 0.137 e. The van der Waals surface area contributed by atoms with Crippen molar-refractivity contribution < 1.29 is 4.52 Å². The molecule has 1 aliphatic carbocycles. The number of aryl methyl sites for hydroxylation is 1. The van der Waals surface area contributed by atoms with Crippen molar-refractivity contribution in [2.24, 2.45) is 11.1 Å². The minimum absolute atomic E-state index is 0.122. The molecule has 1 atom stereocenters. The van der Waals surface area contributed by atoms with Crippen LogP contribution in [0.1, 0.15) is 31.6 Å². The van der Waals surface area contributed by atoms with Gasteiger partial charge in [0.05, 0.1) is 6.20 Å². The Balaban J connectivity index is 2.41. The molecule has 1 saturated carbocycles. The van der Waals surface area contributed by atoms with Crippen LogP contribution in [0.5, 0.6) is 0 Å². The molecule has 1 aliphatic rings. The maximum absolute atomic E-state index is 5.84. The molecule has 3 heteroatoms. The van der Waals surface area contributed by atoms with Crippen LogP contribution >= 0.6 is 0 Å². The maximum atomic E-state index is 5.84. The van der Waals surface area contributed by atoms with Crippen LogP contribution in [0.3, 0.4) is 0 Å². The molecule has 1 aromatic rings. The monoisotopic (exact) mass is 180 g/mol. The molecule has 0 radical (unpaired) electrons. The summed E-state index contributed by atoms with van der Waals surface area (Å²) in [4.78, 5) is 0. The third-order valence-corrected chi connectivity index (χ3v) is 3.53. The van der Waals surface area contributed by atoms with E-state index in [0.717, 1.165) is 12.2 Å². The van der Waals surface area contributed by atoms with E-state index < -0.39 is 0 Å². The number of hydrogen-bond donors (Lipinski definition) is 1. The molecule has 1 heterocycles. The molecule has 0 amide bonds. The van der Waals surface area contributed by atoms with Crippen LogP contribution in [-0.2, 0) is 5.41 Å². The van der Waals surface area contributed by atoms with Gasteiger partial charge in [-0.2, -0.15) is 0 Å². The molecule has 72 valence electrons. The summed E-state index contributed by atoms with van der Waals surface area (Å²) in [6.45, 7) is 7.12. The van der Waals surface area contributed by atoms with Gasteiger partial charge >= 0.3 is 0 Å². The second-order valence-electron chi connectivity index (χ2n) is 4.64. The van der Waals surface area contributed by atoms with E-state index in [9.17, 15) is 0 Å². The lowest BCUT2D eigenvalue weighted by Crippen LogP contribution is -2.25. The predicted octanol–water partition coefficient (Wildman–Crippen LogP) is 1.61. The van der Waals surface area contributed by atoms with Crippen LogP contribution in [-0.4, -0.2) is 11.7 Å². The molecule has 0 spiro atoms. The van der Waals surface area contributed by atoms with Crippen molar-refractivity contribution >= 4 is 0 Å². The number of hydrogen-bond acceptors (Lipinski definition) is 3. The van der Waals surface area contributed by atoms with Gasteiger partial charge in [-0.3, -0.25) is 0 Å². The van der Waals surface area contributed by atoms with Crippen LogP contribution in [0.4, 0.5) is 0 Å². The second-order valence-corrected chi connectivity index (χ2v) is 4.64. The van der Waals surface area contributed by atoms with Gasteiger partial charge in [0, 0.05) is 17.5 Å². The van der Waals surface area contributed by atoms with Crippen molar-refractivity contribution in [3.05, 3.63) is 17.5 Å². The lowest BCUT2D eigenvalue weighted by atomic mass is 9.89. The van der Waals surface area contributed by atoms with E-state index in [0.29, 0.717) is 12.0 Å². The summed E-state index contributed by atoms with van der Waals surface area (Å²) in [6, 6.07) is 0. The van der Waals surface area contributed by atoms with Gasteiger partial charge in [0.1, 0.15) is 5.76 Å². The summed E-state index contributed by atoms with van der Waals surface area (Å²) in [5.74, 6) is 0.913. The molecule has 1 fully saturated rings. The smallest absolute Gasteiger partial charge is 0.137 e. The van der Waals surface area contributed by atoms with E-state index in [1.165, 1.54) is 5.56 Å². The Morgan fingerprint density at radius 2 is 2.23 bits per heavy atom. The lowest BCUT2D eigenvalue weighted by molar-refractivity contribution is 0.392. The summed E-state index contributed by atoms with van der Waals surface area (Å²) >= 11 is 0. The van der Waals surface area contributed by atoms with Gasteiger partial charge in [0.15, 0.2) is 0 Å². The van der Waals surface area contributed by atoms with E-state index in [-0.39, 0.29) is 5.41 Å². The lowest BCUT2D eigenvalue weighted by Gasteiger charge is -2.16. The van der Waals surface area contributed by atoms with Gasteiger partial charge in [-0.1, -0.05) is 19.0 Å². The summed E-state index contributed by atoms with van der Waals surface area (Å²) in [5, 5.41) is 3.81. The zero-order chi connectivity index (χ0) is 9.69. The minimum Gasteiger partial charge on any atom is -0.361 e. The summed E-state index contributed by atoms with van der Waals surface area (Å²) in [7, 11) is 0. The Hall–Kier alpha value is -0.830. The molecular weight excluding hydrogens is 164 g/mol. The predicted molar refractivity (Wildman–Crippen MR) is 50.4 cm³/mol.